The maximum Gasteiger partial charge on any atom is 0.264 e. The standard InChI is InChI=1S/C20H26ClN3O4S/c1-13-18(20(25)24-10-6-5-7-11-24)19(14(2)23(13)3)29(26,27)22-15-8-9-17(28-4)16(21)12-15/h8-9,12,22H,5-7,10-11H2,1-4H3. The number of hydrogen-bond acceptors (Lipinski definition) is 4. The van der Waals surface area contributed by atoms with Gasteiger partial charge in [0.2, 0.25) is 0 Å². The van der Waals surface area contributed by atoms with Crippen molar-refractivity contribution in [1.29, 1.82) is 0 Å². The van der Waals surface area contributed by atoms with Gasteiger partial charge in [0, 0.05) is 31.5 Å². The van der Waals surface area contributed by atoms with Crippen molar-refractivity contribution in [2.75, 3.05) is 24.9 Å². The highest BCUT2D eigenvalue weighted by atomic mass is 35.5. The Kier molecular flexibility index (Phi) is 6.14. The molecule has 1 aromatic carbocycles. The van der Waals surface area contributed by atoms with Crippen LogP contribution in [0.1, 0.15) is 41.0 Å². The molecule has 0 unspecified atom stereocenters. The van der Waals surface area contributed by atoms with Crippen molar-refractivity contribution in [2.24, 2.45) is 7.05 Å². The van der Waals surface area contributed by atoms with E-state index in [1.54, 1.807) is 42.5 Å². The predicted octanol–water partition coefficient (Wildman–Crippen LogP) is 3.73. The molecule has 0 aliphatic carbocycles. The van der Waals surface area contributed by atoms with Gasteiger partial charge in [-0.1, -0.05) is 11.6 Å². The van der Waals surface area contributed by atoms with Gasteiger partial charge in [-0.15, -0.1) is 0 Å². The largest absolute Gasteiger partial charge is 0.495 e. The van der Waals surface area contributed by atoms with Crippen molar-refractivity contribution in [3.8, 4) is 5.75 Å². The van der Waals surface area contributed by atoms with Gasteiger partial charge >= 0.3 is 0 Å². The number of sulfonamides is 1. The Labute approximate surface area is 176 Å². The summed E-state index contributed by atoms with van der Waals surface area (Å²) in [4.78, 5) is 15.0. The van der Waals surface area contributed by atoms with Crippen LogP contribution in [-0.4, -0.2) is 44.0 Å². The van der Waals surface area contributed by atoms with E-state index in [2.05, 4.69) is 4.72 Å². The Morgan fingerprint density at radius 3 is 2.38 bits per heavy atom. The number of halogens is 1. The predicted molar refractivity (Wildman–Crippen MR) is 113 cm³/mol. The van der Waals surface area contributed by atoms with Crippen LogP contribution >= 0.6 is 11.6 Å². The molecule has 2 heterocycles. The molecule has 29 heavy (non-hydrogen) atoms. The van der Waals surface area contributed by atoms with Gasteiger partial charge in [-0.3, -0.25) is 9.52 Å². The molecule has 0 radical (unpaired) electrons. The number of rotatable bonds is 5. The molecule has 1 fully saturated rings. The minimum Gasteiger partial charge on any atom is -0.495 e. The number of piperidine rings is 1. The Balaban J connectivity index is 2.03. The van der Waals surface area contributed by atoms with E-state index in [-0.39, 0.29) is 16.4 Å². The molecule has 1 N–H and O–H groups in total. The van der Waals surface area contributed by atoms with E-state index in [1.165, 1.54) is 13.2 Å². The summed E-state index contributed by atoms with van der Waals surface area (Å²) in [6.07, 6.45) is 2.95. The number of hydrogen-bond donors (Lipinski definition) is 1. The maximum atomic E-state index is 13.3. The van der Waals surface area contributed by atoms with Crippen LogP contribution in [0.25, 0.3) is 0 Å². The molecule has 158 valence electrons. The summed E-state index contributed by atoms with van der Waals surface area (Å²) in [7, 11) is -0.764. The molecule has 3 rings (SSSR count). The van der Waals surface area contributed by atoms with Gasteiger partial charge < -0.3 is 14.2 Å². The number of likely N-dealkylation sites (tertiary alicyclic amines) is 1. The average molecular weight is 440 g/mol. The van der Waals surface area contributed by atoms with E-state index >= 15 is 0 Å². The number of ether oxygens (including phenoxy) is 1. The van der Waals surface area contributed by atoms with Crippen LogP contribution in [0.5, 0.6) is 5.75 Å². The molecular formula is C20H26ClN3O4S. The van der Waals surface area contributed by atoms with Gasteiger partial charge in [0.15, 0.2) is 0 Å². The zero-order valence-corrected chi connectivity index (χ0v) is 18.7. The minimum atomic E-state index is -4.01. The number of carbonyl (C=O) groups excluding carboxylic acids is 1. The van der Waals surface area contributed by atoms with Crippen molar-refractivity contribution < 1.29 is 17.9 Å². The molecule has 1 saturated heterocycles. The molecule has 0 bridgehead atoms. The average Bonchev–Trinajstić information content (AvgIpc) is 2.92. The fourth-order valence-electron chi connectivity index (χ4n) is 3.69. The highest BCUT2D eigenvalue weighted by Gasteiger charge is 2.33. The fourth-order valence-corrected chi connectivity index (χ4v) is 5.52. The number of methoxy groups -OCH3 is 1. The number of carbonyl (C=O) groups is 1. The quantitative estimate of drug-likeness (QED) is 0.769. The second-order valence-electron chi connectivity index (χ2n) is 7.24. The fraction of sp³-hybridized carbons (Fsp3) is 0.450. The van der Waals surface area contributed by atoms with E-state index in [0.717, 1.165) is 19.3 Å². The summed E-state index contributed by atoms with van der Waals surface area (Å²) < 4.78 is 36.0. The first kappa shape index (κ1) is 21.5. The van der Waals surface area contributed by atoms with Crippen LogP contribution in [0.3, 0.4) is 0 Å². The molecule has 2 aromatic rings. The molecule has 0 spiro atoms. The van der Waals surface area contributed by atoms with Gasteiger partial charge in [0.05, 0.1) is 23.4 Å². The lowest BCUT2D eigenvalue weighted by Gasteiger charge is -2.27. The van der Waals surface area contributed by atoms with Crippen LogP contribution in [0.2, 0.25) is 5.02 Å². The van der Waals surface area contributed by atoms with E-state index in [1.807, 2.05) is 0 Å². The van der Waals surface area contributed by atoms with E-state index < -0.39 is 10.0 Å². The molecule has 1 amide bonds. The Hall–Kier alpha value is -2.19. The van der Waals surface area contributed by atoms with Crippen molar-refractivity contribution in [2.45, 2.75) is 38.0 Å². The lowest BCUT2D eigenvalue weighted by atomic mass is 10.1. The van der Waals surface area contributed by atoms with Crippen LogP contribution < -0.4 is 9.46 Å². The first-order valence-corrected chi connectivity index (χ1v) is 11.3. The highest BCUT2D eigenvalue weighted by molar-refractivity contribution is 7.92. The zero-order valence-electron chi connectivity index (χ0n) is 17.1. The summed E-state index contributed by atoms with van der Waals surface area (Å²) in [5, 5.41) is 0.290. The number of anilines is 1. The van der Waals surface area contributed by atoms with Crippen LogP contribution in [-0.2, 0) is 17.1 Å². The Bertz CT molecular complexity index is 1040. The molecule has 1 aliphatic heterocycles. The molecule has 1 aliphatic rings. The molecule has 1 aromatic heterocycles. The molecule has 9 heteroatoms. The van der Waals surface area contributed by atoms with Crippen LogP contribution in [0.15, 0.2) is 23.1 Å². The third kappa shape index (κ3) is 4.09. The van der Waals surface area contributed by atoms with Crippen molar-refractivity contribution in [3.05, 3.63) is 40.2 Å². The number of amides is 1. The van der Waals surface area contributed by atoms with Gasteiger partial charge in [0.25, 0.3) is 15.9 Å². The van der Waals surface area contributed by atoms with E-state index in [0.29, 0.717) is 40.9 Å². The smallest absolute Gasteiger partial charge is 0.264 e. The summed E-state index contributed by atoms with van der Waals surface area (Å²) in [6, 6.07) is 4.64. The highest BCUT2D eigenvalue weighted by Crippen LogP contribution is 2.32. The maximum absolute atomic E-state index is 13.3. The van der Waals surface area contributed by atoms with Gasteiger partial charge in [-0.25, -0.2) is 8.42 Å². The van der Waals surface area contributed by atoms with Crippen molar-refractivity contribution >= 4 is 33.2 Å². The van der Waals surface area contributed by atoms with E-state index in [4.69, 9.17) is 16.3 Å². The van der Waals surface area contributed by atoms with Crippen molar-refractivity contribution in [3.63, 3.8) is 0 Å². The summed E-state index contributed by atoms with van der Waals surface area (Å²) >= 11 is 6.12. The number of aromatic nitrogens is 1. The second kappa shape index (κ2) is 8.28. The Morgan fingerprint density at radius 1 is 1.14 bits per heavy atom. The normalized spacial score (nSPS) is 14.7. The second-order valence-corrected chi connectivity index (χ2v) is 9.27. The first-order chi connectivity index (χ1) is 13.7. The van der Waals surface area contributed by atoms with Gasteiger partial charge in [-0.05, 0) is 51.3 Å². The first-order valence-electron chi connectivity index (χ1n) is 9.49. The molecule has 7 nitrogen and oxygen atoms in total. The lowest BCUT2D eigenvalue weighted by molar-refractivity contribution is 0.0720. The topological polar surface area (TPSA) is 80.6 Å². The number of benzene rings is 1. The van der Waals surface area contributed by atoms with E-state index in [9.17, 15) is 13.2 Å². The van der Waals surface area contributed by atoms with Gasteiger partial charge in [0.1, 0.15) is 10.6 Å². The number of nitrogens with zero attached hydrogens (tertiary/aromatic N) is 2. The van der Waals surface area contributed by atoms with Crippen LogP contribution in [0, 0.1) is 13.8 Å². The minimum absolute atomic E-state index is 0.0139. The van der Waals surface area contributed by atoms with Crippen molar-refractivity contribution in [1.82, 2.24) is 9.47 Å². The number of nitrogens with one attached hydrogen (secondary N) is 1. The Morgan fingerprint density at radius 2 is 1.79 bits per heavy atom. The molecule has 0 atom stereocenters. The molecule has 0 saturated carbocycles. The molecular weight excluding hydrogens is 414 g/mol. The summed E-state index contributed by atoms with van der Waals surface area (Å²) in [5.41, 5.74) is 1.67. The third-order valence-corrected chi connectivity index (χ3v) is 7.29. The monoisotopic (exact) mass is 439 g/mol. The lowest BCUT2D eigenvalue weighted by Crippen LogP contribution is -2.36. The SMILES string of the molecule is COc1ccc(NS(=O)(=O)c2c(C(=O)N3CCCCC3)c(C)n(C)c2C)cc1Cl. The van der Waals surface area contributed by atoms with Crippen LogP contribution in [0.4, 0.5) is 5.69 Å². The summed E-state index contributed by atoms with van der Waals surface area (Å²) in [5.74, 6) is 0.210. The zero-order chi connectivity index (χ0) is 21.3. The summed E-state index contributed by atoms with van der Waals surface area (Å²) in [6.45, 7) is 4.77. The van der Waals surface area contributed by atoms with Gasteiger partial charge in [-0.2, -0.15) is 0 Å². The third-order valence-electron chi connectivity index (χ3n) is 5.45.